The van der Waals surface area contributed by atoms with Crippen LogP contribution in [0.25, 0.3) is 0 Å². The quantitative estimate of drug-likeness (QED) is 0.801. The molecule has 2 heterocycles. The van der Waals surface area contributed by atoms with E-state index >= 15 is 0 Å². The first-order chi connectivity index (χ1) is 13.2. The van der Waals surface area contributed by atoms with Crippen molar-refractivity contribution in [3.8, 4) is 5.75 Å². The molecule has 3 rings (SSSR count). The normalized spacial score (nSPS) is 16.0. The molecule has 0 bridgehead atoms. The number of fused-ring (bicyclic) bond motifs is 1. The number of methoxy groups -OCH3 is 1. The van der Waals surface area contributed by atoms with Crippen LogP contribution in [-0.2, 0) is 29.5 Å². The van der Waals surface area contributed by atoms with Crippen molar-refractivity contribution in [3.63, 3.8) is 0 Å². The summed E-state index contributed by atoms with van der Waals surface area (Å²) in [7, 11) is 3.64. The highest BCUT2D eigenvalue weighted by Gasteiger charge is 2.38. The Kier molecular flexibility index (Phi) is 7.41. The summed E-state index contributed by atoms with van der Waals surface area (Å²) in [4.78, 5) is 8.90. The van der Waals surface area contributed by atoms with Gasteiger partial charge in [0, 0.05) is 26.3 Å². The van der Waals surface area contributed by atoms with Gasteiger partial charge < -0.3 is 19.9 Å². The summed E-state index contributed by atoms with van der Waals surface area (Å²) in [5.41, 5.74) is 3.61. The molecule has 0 fully saturated rings. The number of carbonyl (C=O) groups is 1. The zero-order chi connectivity index (χ0) is 20.7. The minimum atomic E-state index is -5.08. The average Bonchev–Trinajstić information content (AvgIpc) is 3.03. The van der Waals surface area contributed by atoms with E-state index in [0.29, 0.717) is 0 Å². The molecule has 0 aliphatic carbocycles. The Labute approximate surface area is 160 Å². The molecule has 10 heteroatoms. The first-order valence-corrected chi connectivity index (χ1v) is 8.48. The van der Waals surface area contributed by atoms with Gasteiger partial charge in [-0.15, -0.1) is 0 Å². The Hall–Kier alpha value is -2.59. The number of hydrogen-bond donors (Lipinski definition) is 2. The fourth-order valence-electron chi connectivity index (χ4n) is 2.66. The zero-order valence-electron chi connectivity index (χ0n) is 15.5. The molecule has 1 aliphatic heterocycles. The second kappa shape index (κ2) is 9.56. The van der Waals surface area contributed by atoms with Crippen LogP contribution in [0, 0.1) is 0 Å². The maximum absolute atomic E-state index is 10.6. The highest BCUT2D eigenvalue weighted by molar-refractivity contribution is 5.73. The van der Waals surface area contributed by atoms with Crippen molar-refractivity contribution in [1.82, 2.24) is 15.1 Å². The summed E-state index contributed by atoms with van der Waals surface area (Å²) in [5, 5.41) is 15.1. The summed E-state index contributed by atoms with van der Waals surface area (Å²) in [5.74, 6) is -1.88. The predicted octanol–water partition coefficient (Wildman–Crippen LogP) is 2.47. The largest absolute Gasteiger partial charge is 0.497 e. The van der Waals surface area contributed by atoms with Crippen LogP contribution >= 0.6 is 0 Å². The summed E-state index contributed by atoms with van der Waals surface area (Å²) in [6, 6.07) is 8.09. The van der Waals surface area contributed by atoms with Crippen LogP contribution in [0.3, 0.4) is 0 Å². The van der Waals surface area contributed by atoms with Gasteiger partial charge in [-0.3, -0.25) is 4.68 Å². The van der Waals surface area contributed by atoms with Gasteiger partial charge in [0.25, 0.3) is 0 Å². The van der Waals surface area contributed by atoms with E-state index in [1.165, 1.54) is 11.1 Å². The van der Waals surface area contributed by atoms with E-state index in [1.54, 1.807) is 7.11 Å². The number of rotatable bonds is 5. The van der Waals surface area contributed by atoms with Crippen molar-refractivity contribution in [1.29, 1.82) is 0 Å². The topological polar surface area (TPSA) is 85.6 Å². The number of aliphatic carboxylic acids is 1. The van der Waals surface area contributed by atoms with Crippen LogP contribution in [-0.4, -0.2) is 47.3 Å². The molecule has 0 saturated heterocycles. The Morgan fingerprint density at radius 2 is 2.04 bits per heavy atom. The van der Waals surface area contributed by atoms with Crippen molar-refractivity contribution in [2.45, 2.75) is 25.2 Å². The lowest BCUT2D eigenvalue weighted by Gasteiger charge is -2.22. The average molecular weight is 401 g/mol. The third kappa shape index (κ3) is 6.24. The van der Waals surface area contributed by atoms with E-state index in [0.717, 1.165) is 37.6 Å². The molecular formula is C18H22F3N3O4. The fourth-order valence-corrected chi connectivity index (χ4v) is 2.66. The van der Waals surface area contributed by atoms with E-state index in [9.17, 15) is 13.2 Å². The highest BCUT2D eigenvalue weighted by Crippen LogP contribution is 2.24. The molecule has 2 aromatic rings. The first kappa shape index (κ1) is 21.7. The summed E-state index contributed by atoms with van der Waals surface area (Å²) in [6.45, 7) is 2.36. The van der Waals surface area contributed by atoms with Crippen molar-refractivity contribution < 1.29 is 32.5 Å². The number of alkyl halides is 3. The number of aromatic nitrogens is 2. The molecule has 0 saturated carbocycles. The molecule has 0 radical (unpaired) electrons. The van der Waals surface area contributed by atoms with Gasteiger partial charge in [0.1, 0.15) is 11.9 Å². The first-order valence-electron chi connectivity index (χ1n) is 8.48. The van der Waals surface area contributed by atoms with Crippen LogP contribution in [0.15, 0.2) is 30.5 Å². The second-order valence-electron chi connectivity index (χ2n) is 6.10. The maximum Gasteiger partial charge on any atom is 0.490 e. The number of ether oxygens (including phenoxy) is 2. The van der Waals surface area contributed by atoms with Crippen molar-refractivity contribution in [3.05, 3.63) is 47.3 Å². The van der Waals surface area contributed by atoms with E-state index in [1.807, 2.05) is 23.9 Å². The van der Waals surface area contributed by atoms with Gasteiger partial charge in [-0.2, -0.15) is 18.3 Å². The molecule has 1 aromatic carbocycles. The van der Waals surface area contributed by atoms with Gasteiger partial charge in [-0.25, -0.2) is 4.79 Å². The van der Waals surface area contributed by atoms with Crippen LogP contribution < -0.4 is 10.1 Å². The minimum Gasteiger partial charge on any atom is -0.497 e. The van der Waals surface area contributed by atoms with Crippen molar-refractivity contribution >= 4 is 5.97 Å². The molecule has 0 amide bonds. The lowest BCUT2D eigenvalue weighted by molar-refractivity contribution is -0.192. The van der Waals surface area contributed by atoms with Gasteiger partial charge in [0.15, 0.2) is 0 Å². The Bertz CT molecular complexity index is 775. The molecule has 1 unspecified atom stereocenters. The number of carboxylic acids is 1. The monoisotopic (exact) mass is 401 g/mol. The molecule has 28 heavy (non-hydrogen) atoms. The number of carboxylic acid groups (broad SMARTS) is 1. The third-order valence-corrected chi connectivity index (χ3v) is 3.99. The maximum atomic E-state index is 10.6. The molecule has 1 aliphatic rings. The standard InChI is InChI=1S/C16H21N3O2.C2HF3O2/c1-19-11-13-7-8-21-15(16(13)18-19)10-17-9-12-3-5-14(20-2)6-4-12;3-2(4,5)1(6)7/h3-6,11,15,17H,7-10H2,1-2H3;(H,6,7). The van der Waals surface area contributed by atoms with Crippen LogP contribution in [0.2, 0.25) is 0 Å². The number of nitrogens with one attached hydrogen (secondary N) is 1. The minimum absolute atomic E-state index is 0.0493. The number of hydrogen-bond acceptors (Lipinski definition) is 5. The van der Waals surface area contributed by atoms with Crippen LogP contribution in [0.5, 0.6) is 5.75 Å². The Morgan fingerprint density at radius 1 is 1.39 bits per heavy atom. The Balaban J connectivity index is 0.000000345. The smallest absolute Gasteiger partial charge is 0.490 e. The van der Waals surface area contributed by atoms with Crippen LogP contribution in [0.4, 0.5) is 13.2 Å². The van der Waals surface area contributed by atoms with Gasteiger partial charge in [-0.1, -0.05) is 12.1 Å². The predicted molar refractivity (Wildman–Crippen MR) is 94.0 cm³/mol. The van der Waals surface area contributed by atoms with E-state index in [-0.39, 0.29) is 6.10 Å². The van der Waals surface area contributed by atoms with Crippen molar-refractivity contribution in [2.24, 2.45) is 7.05 Å². The molecule has 2 N–H and O–H groups in total. The van der Waals surface area contributed by atoms with Gasteiger partial charge in [0.05, 0.1) is 19.4 Å². The third-order valence-electron chi connectivity index (χ3n) is 3.99. The van der Waals surface area contributed by atoms with E-state index in [2.05, 4.69) is 28.7 Å². The van der Waals surface area contributed by atoms with Gasteiger partial charge in [-0.05, 0) is 29.7 Å². The molecule has 0 spiro atoms. The van der Waals surface area contributed by atoms with Crippen molar-refractivity contribution in [2.75, 3.05) is 20.3 Å². The number of benzene rings is 1. The summed E-state index contributed by atoms with van der Waals surface area (Å²) < 4.78 is 44.6. The molecule has 7 nitrogen and oxygen atoms in total. The number of aryl methyl sites for hydroxylation is 1. The SMILES string of the molecule is COc1ccc(CNCC2OCCc3cn(C)nc32)cc1.O=C(O)C(F)(F)F. The summed E-state index contributed by atoms with van der Waals surface area (Å²) in [6.07, 6.45) is -1.99. The lowest BCUT2D eigenvalue weighted by atomic mass is 10.1. The van der Waals surface area contributed by atoms with E-state index < -0.39 is 12.1 Å². The Morgan fingerprint density at radius 3 is 2.61 bits per heavy atom. The number of nitrogens with zero attached hydrogens (tertiary/aromatic N) is 2. The number of halogens is 3. The molecule has 154 valence electrons. The van der Waals surface area contributed by atoms with Crippen LogP contribution in [0.1, 0.15) is 22.9 Å². The highest BCUT2D eigenvalue weighted by atomic mass is 19.4. The second-order valence-corrected chi connectivity index (χ2v) is 6.10. The zero-order valence-corrected chi connectivity index (χ0v) is 15.5. The molecule has 1 aromatic heterocycles. The molecular weight excluding hydrogens is 379 g/mol. The summed E-state index contributed by atoms with van der Waals surface area (Å²) >= 11 is 0. The van der Waals surface area contributed by atoms with E-state index in [4.69, 9.17) is 19.4 Å². The lowest BCUT2D eigenvalue weighted by Crippen LogP contribution is -2.27. The van der Waals surface area contributed by atoms with Gasteiger partial charge in [0.2, 0.25) is 0 Å². The molecule has 1 atom stereocenters. The fraction of sp³-hybridized carbons (Fsp3) is 0.444. The van der Waals surface area contributed by atoms with Gasteiger partial charge >= 0.3 is 12.1 Å².